The van der Waals surface area contributed by atoms with Gasteiger partial charge in [0, 0.05) is 39.2 Å². The molecule has 1 N–H and O–H groups in total. The molecular weight excluding hydrogens is 256 g/mol. The van der Waals surface area contributed by atoms with E-state index in [2.05, 4.69) is 5.32 Å². The fourth-order valence-electron chi connectivity index (χ4n) is 1.74. The number of aryl methyl sites for hydroxylation is 1. The highest BCUT2D eigenvalue weighted by molar-refractivity contribution is 5.94. The lowest BCUT2D eigenvalue weighted by Crippen LogP contribution is -2.39. The lowest BCUT2D eigenvalue weighted by Gasteiger charge is -2.20. The van der Waals surface area contributed by atoms with Gasteiger partial charge in [-0.25, -0.2) is 0 Å². The first-order valence-corrected chi connectivity index (χ1v) is 6.64. The maximum atomic E-state index is 11.9. The largest absolute Gasteiger partial charge is 0.383 e. The van der Waals surface area contributed by atoms with E-state index in [1.807, 2.05) is 19.1 Å². The van der Waals surface area contributed by atoms with Gasteiger partial charge in [-0.05, 0) is 19.1 Å². The second-order valence-electron chi connectivity index (χ2n) is 4.62. The number of rotatable bonds is 7. The van der Waals surface area contributed by atoms with Gasteiger partial charge in [0.05, 0.1) is 6.61 Å². The minimum atomic E-state index is -0.125. The van der Waals surface area contributed by atoms with E-state index < -0.39 is 0 Å². The van der Waals surface area contributed by atoms with Crippen LogP contribution in [0, 0.1) is 6.92 Å². The number of nitrogens with one attached hydrogen (secondary N) is 1. The van der Waals surface area contributed by atoms with Gasteiger partial charge in [-0.15, -0.1) is 0 Å². The second-order valence-corrected chi connectivity index (χ2v) is 4.62. The minimum absolute atomic E-state index is 0.0216. The molecule has 0 unspecified atom stereocenters. The third kappa shape index (κ3) is 5.40. The molecule has 0 aromatic heterocycles. The summed E-state index contributed by atoms with van der Waals surface area (Å²) in [6.07, 6.45) is 0. The quantitative estimate of drug-likeness (QED) is 0.816. The molecule has 0 atom stereocenters. The zero-order valence-electron chi connectivity index (χ0n) is 12.3. The molecule has 0 aliphatic carbocycles. The Morgan fingerprint density at radius 1 is 1.20 bits per heavy atom. The first kappa shape index (κ1) is 16.2. The Morgan fingerprint density at radius 3 is 2.40 bits per heavy atom. The topological polar surface area (TPSA) is 58.6 Å². The highest BCUT2D eigenvalue weighted by Gasteiger charge is 2.09. The monoisotopic (exact) mass is 278 g/mol. The Morgan fingerprint density at radius 2 is 1.85 bits per heavy atom. The van der Waals surface area contributed by atoms with E-state index in [4.69, 9.17) is 4.74 Å². The predicted molar refractivity (Wildman–Crippen MR) is 77.6 cm³/mol. The Kier molecular flexibility index (Phi) is 6.73. The third-order valence-electron chi connectivity index (χ3n) is 2.99. The standard InChI is InChI=1S/C15H22N2O3/c1-12-4-6-14(7-5-12)15(19)16-8-9-17(13(2)18)10-11-20-3/h4-7H,8-11H2,1-3H3,(H,16,19). The Balaban J connectivity index is 2.40. The molecule has 0 saturated heterocycles. The molecule has 0 fully saturated rings. The van der Waals surface area contributed by atoms with Crippen molar-refractivity contribution in [2.75, 3.05) is 33.4 Å². The van der Waals surface area contributed by atoms with Crippen LogP contribution >= 0.6 is 0 Å². The molecule has 0 spiro atoms. The first-order valence-electron chi connectivity index (χ1n) is 6.64. The second kappa shape index (κ2) is 8.32. The highest BCUT2D eigenvalue weighted by Crippen LogP contribution is 2.02. The molecule has 110 valence electrons. The zero-order chi connectivity index (χ0) is 15.0. The molecular formula is C15H22N2O3. The van der Waals surface area contributed by atoms with Crippen LogP contribution in [-0.4, -0.2) is 50.1 Å². The van der Waals surface area contributed by atoms with Crippen molar-refractivity contribution in [3.8, 4) is 0 Å². The summed E-state index contributed by atoms with van der Waals surface area (Å²) in [6, 6.07) is 7.38. The molecule has 0 bridgehead atoms. The Labute approximate surface area is 119 Å². The molecule has 1 rings (SSSR count). The molecule has 5 heteroatoms. The van der Waals surface area contributed by atoms with Crippen molar-refractivity contribution >= 4 is 11.8 Å². The molecule has 1 aromatic carbocycles. The number of hydrogen-bond acceptors (Lipinski definition) is 3. The first-order chi connectivity index (χ1) is 9.54. The van der Waals surface area contributed by atoms with Crippen LogP contribution in [0.15, 0.2) is 24.3 Å². The maximum absolute atomic E-state index is 11.9. The van der Waals surface area contributed by atoms with Crippen LogP contribution in [0.2, 0.25) is 0 Å². The molecule has 0 aliphatic rings. The molecule has 0 aliphatic heterocycles. The van der Waals surface area contributed by atoms with Gasteiger partial charge in [-0.2, -0.15) is 0 Å². The van der Waals surface area contributed by atoms with Gasteiger partial charge in [-0.1, -0.05) is 17.7 Å². The summed E-state index contributed by atoms with van der Waals surface area (Å²) in [7, 11) is 1.59. The SMILES string of the molecule is COCCN(CCNC(=O)c1ccc(C)cc1)C(C)=O. The van der Waals surface area contributed by atoms with Crippen LogP contribution in [0.4, 0.5) is 0 Å². The van der Waals surface area contributed by atoms with Crippen LogP contribution in [0.3, 0.4) is 0 Å². The van der Waals surface area contributed by atoms with Crippen molar-refractivity contribution < 1.29 is 14.3 Å². The van der Waals surface area contributed by atoms with Crippen molar-refractivity contribution in [2.24, 2.45) is 0 Å². The van der Waals surface area contributed by atoms with Crippen LogP contribution in [0.5, 0.6) is 0 Å². The van der Waals surface area contributed by atoms with Gasteiger partial charge in [-0.3, -0.25) is 9.59 Å². The molecule has 5 nitrogen and oxygen atoms in total. The van der Waals surface area contributed by atoms with E-state index in [0.717, 1.165) is 5.56 Å². The van der Waals surface area contributed by atoms with Gasteiger partial charge in [0.25, 0.3) is 5.91 Å². The van der Waals surface area contributed by atoms with Crippen LogP contribution in [0.25, 0.3) is 0 Å². The average molecular weight is 278 g/mol. The lowest BCUT2D eigenvalue weighted by molar-refractivity contribution is -0.129. The van der Waals surface area contributed by atoms with Crippen LogP contribution in [0.1, 0.15) is 22.8 Å². The molecule has 1 aromatic rings. The molecule has 0 saturated carbocycles. The number of nitrogens with zero attached hydrogens (tertiary/aromatic N) is 1. The summed E-state index contributed by atoms with van der Waals surface area (Å²) in [5.41, 5.74) is 1.74. The number of benzene rings is 1. The summed E-state index contributed by atoms with van der Waals surface area (Å²) >= 11 is 0. The number of carbonyl (C=O) groups is 2. The van der Waals surface area contributed by atoms with Crippen LogP contribution < -0.4 is 5.32 Å². The van der Waals surface area contributed by atoms with Crippen molar-refractivity contribution in [2.45, 2.75) is 13.8 Å². The highest BCUT2D eigenvalue weighted by atomic mass is 16.5. The summed E-state index contributed by atoms with van der Waals surface area (Å²) in [5, 5.41) is 2.81. The van der Waals surface area contributed by atoms with Crippen molar-refractivity contribution in [1.29, 1.82) is 0 Å². The molecule has 20 heavy (non-hydrogen) atoms. The summed E-state index contributed by atoms with van der Waals surface area (Å²) in [5.74, 6) is -0.146. The maximum Gasteiger partial charge on any atom is 0.251 e. The summed E-state index contributed by atoms with van der Waals surface area (Å²) in [6.45, 7) is 5.42. The average Bonchev–Trinajstić information content (AvgIpc) is 2.42. The fourth-order valence-corrected chi connectivity index (χ4v) is 1.74. The summed E-state index contributed by atoms with van der Waals surface area (Å²) in [4.78, 5) is 24.9. The molecule has 0 radical (unpaired) electrons. The predicted octanol–water partition coefficient (Wildman–Crippen LogP) is 1.22. The third-order valence-corrected chi connectivity index (χ3v) is 2.99. The van der Waals surface area contributed by atoms with E-state index in [1.54, 1.807) is 24.1 Å². The lowest BCUT2D eigenvalue weighted by atomic mass is 10.1. The minimum Gasteiger partial charge on any atom is -0.383 e. The van der Waals surface area contributed by atoms with Gasteiger partial charge in [0.2, 0.25) is 5.91 Å². The van der Waals surface area contributed by atoms with Gasteiger partial charge >= 0.3 is 0 Å². The van der Waals surface area contributed by atoms with Crippen LogP contribution in [-0.2, 0) is 9.53 Å². The van der Waals surface area contributed by atoms with Gasteiger partial charge in [0.15, 0.2) is 0 Å². The molecule has 2 amide bonds. The number of hydrogen-bond donors (Lipinski definition) is 1. The van der Waals surface area contributed by atoms with E-state index in [1.165, 1.54) is 6.92 Å². The van der Waals surface area contributed by atoms with E-state index in [0.29, 0.717) is 31.8 Å². The van der Waals surface area contributed by atoms with Gasteiger partial charge < -0.3 is 15.0 Å². The van der Waals surface area contributed by atoms with Crippen molar-refractivity contribution in [3.05, 3.63) is 35.4 Å². The molecule has 0 heterocycles. The number of amides is 2. The number of methoxy groups -OCH3 is 1. The Hall–Kier alpha value is -1.88. The van der Waals surface area contributed by atoms with Crippen molar-refractivity contribution in [3.63, 3.8) is 0 Å². The zero-order valence-corrected chi connectivity index (χ0v) is 12.3. The number of carbonyl (C=O) groups excluding carboxylic acids is 2. The number of ether oxygens (including phenoxy) is 1. The van der Waals surface area contributed by atoms with Gasteiger partial charge in [0.1, 0.15) is 0 Å². The van der Waals surface area contributed by atoms with Crippen molar-refractivity contribution in [1.82, 2.24) is 10.2 Å². The van der Waals surface area contributed by atoms with E-state index >= 15 is 0 Å². The fraction of sp³-hybridized carbons (Fsp3) is 0.467. The summed E-state index contributed by atoms with van der Waals surface area (Å²) < 4.78 is 4.95. The van der Waals surface area contributed by atoms with E-state index in [-0.39, 0.29) is 11.8 Å². The Bertz CT molecular complexity index is 443. The normalized spacial score (nSPS) is 10.2. The smallest absolute Gasteiger partial charge is 0.251 e. The van der Waals surface area contributed by atoms with E-state index in [9.17, 15) is 9.59 Å².